The molecule has 0 radical (unpaired) electrons. The molecule has 16 N–H and O–H groups in total. The number of amides is 8. The van der Waals surface area contributed by atoms with Gasteiger partial charge >= 0.3 is 5.97 Å². The molecule has 28 nitrogen and oxygen atoms in total. The molecule has 16 atom stereocenters. The highest BCUT2D eigenvalue weighted by molar-refractivity contribution is 5.94. The van der Waals surface area contributed by atoms with Gasteiger partial charge in [0.05, 0.1) is 13.2 Å². The first kappa shape index (κ1) is 59.0. The van der Waals surface area contributed by atoms with Crippen LogP contribution in [0.2, 0.25) is 0 Å². The van der Waals surface area contributed by atoms with Crippen LogP contribution in [0.4, 0.5) is 0 Å². The summed E-state index contributed by atoms with van der Waals surface area (Å²) in [6, 6.07) is -9.19. The van der Waals surface area contributed by atoms with E-state index in [0.29, 0.717) is 12.8 Å². The minimum absolute atomic E-state index is 0.100. The molecule has 0 unspecified atom stereocenters. The highest BCUT2D eigenvalue weighted by Gasteiger charge is 2.53. The number of methoxy groups -OCH3 is 1. The third kappa shape index (κ3) is 17.7. The number of carboxylic acid groups (broad SMARTS) is 1. The fraction of sp³-hybridized carbons (Fsp3) is 0.775. The molecule has 0 bridgehead atoms. The van der Waals surface area contributed by atoms with Gasteiger partial charge in [-0.05, 0) is 59.9 Å². The molecule has 8 amide bonds. The quantitative estimate of drug-likeness (QED) is 0.0340. The highest BCUT2D eigenvalue weighted by Crippen LogP contribution is 2.32. The lowest BCUT2D eigenvalue weighted by molar-refractivity contribution is -0.335. The Hall–Kier alpha value is -5.17. The number of carbonyl (C=O) groups is 9. The Morgan fingerprint density at radius 3 is 1.72 bits per heavy atom. The van der Waals surface area contributed by atoms with Crippen LogP contribution in [0.25, 0.3) is 0 Å². The molecule has 2 aliphatic heterocycles. The second-order valence-corrected chi connectivity index (χ2v) is 16.4. The summed E-state index contributed by atoms with van der Waals surface area (Å²) in [5.41, 5.74) is 11.1. The van der Waals surface area contributed by atoms with E-state index in [1.165, 1.54) is 34.8 Å². The summed E-state index contributed by atoms with van der Waals surface area (Å²) in [7, 11) is 1.22. The number of hydrogen-bond acceptors (Lipinski definition) is 19. The summed E-state index contributed by atoms with van der Waals surface area (Å²) in [4.78, 5) is 114. The molecule has 0 aliphatic carbocycles. The predicted molar refractivity (Wildman–Crippen MR) is 231 cm³/mol. The maximum absolute atomic E-state index is 13.6. The van der Waals surface area contributed by atoms with Gasteiger partial charge in [-0.25, -0.2) is 0 Å². The van der Waals surface area contributed by atoms with Gasteiger partial charge in [-0.2, -0.15) is 0 Å². The first-order valence-corrected chi connectivity index (χ1v) is 21.9. The van der Waals surface area contributed by atoms with Crippen molar-refractivity contribution >= 4 is 53.2 Å². The number of rotatable bonds is 27. The fourth-order valence-electron chi connectivity index (χ4n) is 7.07. The molecule has 388 valence electrons. The fourth-order valence-corrected chi connectivity index (χ4v) is 7.07. The SMILES string of the molecule is CO[C@@H]1O[C@H](CO)[C@@H](O[C@@H]2O[C@H](CO)[C@@H](O)[C@H](O)[C@H]2NC(C)=O)[C@H](O[C@H](C)C(=O)N[C@@H](C)C(=O)N[C@H](CCC(=O)N[C@@H](CCCCN)C(=O)N[C@H](C)C(=O)N[C@H](C)C(=O)O)C(N)=O)[C@H]1NC(C)=O. The van der Waals surface area contributed by atoms with Crippen molar-refractivity contribution in [1.29, 1.82) is 0 Å². The Kier molecular flexibility index (Phi) is 24.6. The van der Waals surface area contributed by atoms with Crippen LogP contribution in [0.5, 0.6) is 0 Å². The number of aliphatic hydroxyl groups excluding tert-OH is 4. The van der Waals surface area contributed by atoms with Gasteiger partial charge in [0.1, 0.15) is 85.0 Å². The largest absolute Gasteiger partial charge is 0.480 e. The van der Waals surface area contributed by atoms with Crippen molar-refractivity contribution in [3.63, 3.8) is 0 Å². The lowest BCUT2D eigenvalue weighted by Gasteiger charge is -2.49. The molecule has 2 fully saturated rings. The average Bonchev–Trinajstić information content (AvgIpc) is 3.27. The van der Waals surface area contributed by atoms with E-state index in [0.717, 1.165) is 13.8 Å². The Morgan fingerprint density at radius 2 is 1.19 bits per heavy atom. The molecule has 0 aromatic carbocycles. The zero-order valence-electron chi connectivity index (χ0n) is 39.0. The van der Waals surface area contributed by atoms with Crippen LogP contribution in [0, 0.1) is 0 Å². The van der Waals surface area contributed by atoms with Gasteiger partial charge in [-0.3, -0.25) is 43.2 Å². The van der Waals surface area contributed by atoms with E-state index in [4.69, 9.17) is 40.3 Å². The molecule has 68 heavy (non-hydrogen) atoms. The van der Waals surface area contributed by atoms with Crippen LogP contribution < -0.4 is 48.7 Å². The predicted octanol–water partition coefficient (Wildman–Crippen LogP) is -7.08. The van der Waals surface area contributed by atoms with Gasteiger partial charge in [0.2, 0.25) is 47.3 Å². The minimum Gasteiger partial charge on any atom is -0.480 e. The third-order valence-electron chi connectivity index (χ3n) is 10.9. The van der Waals surface area contributed by atoms with E-state index in [1.54, 1.807) is 0 Å². The molecule has 2 heterocycles. The Balaban J connectivity index is 2.22. The summed E-state index contributed by atoms with van der Waals surface area (Å²) in [5.74, 6) is -7.80. The molecule has 0 aromatic rings. The number of carbonyl (C=O) groups excluding carboxylic acids is 8. The van der Waals surface area contributed by atoms with Gasteiger partial charge < -0.3 is 97.9 Å². The van der Waals surface area contributed by atoms with E-state index in [2.05, 4.69) is 37.2 Å². The van der Waals surface area contributed by atoms with Gasteiger partial charge in [-0.15, -0.1) is 0 Å². The van der Waals surface area contributed by atoms with Crippen molar-refractivity contribution in [1.82, 2.24) is 37.2 Å². The summed E-state index contributed by atoms with van der Waals surface area (Å²) >= 11 is 0. The van der Waals surface area contributed by atoms with Gasteiger partial charge in [0.25, 0.3) is 0 Å². The summed E-state index contributed by atoms with van der Waals surface area (Å²) in [5, 5.41) is 67.6. The maximum Gasteiger partial charge on any atom is 0.325 e. The normalized spacial score (nSPS) is 27.4. The maximum atomic E-state index is 13.6. The number of carboxylic acids is 1. The standard InChI is InChI=1S/C40H69N9O19/c1-16(34(58)45-18(3)38(62)63)44-37(61)23(10-8-9-13-41)48-26(54)12-11-22(33(42)57)49-35(59)17(2)43-36(60)19(4)65-32-28(47-21(6)53)39(64-7)67-25(15-51)31(32)68-40-27(46-20(5)52)30(56)29(55)24(14-50)66-40/h16-19,22-25,27-32,39-40,50-51,55-56H,8-15,41H2,1-7H3,(H2,42,57)(H,43,60)(H,44,61)(H,45,58)(H,46,52)(H,47,53)(H,48,54)(H,49,59)(H,62,63)/t16-,17+,18-,19-,22-,23+,24-,25-,27-,28-,29-,30-,31-,32-,39-,40+/m1/s1. The second kappa shape index (κ2) is 28.4. The van der Waals surface area contributed by atoms with E-state index in [9.17, 15) is 63.6 Å². The molecule has 2 aliphatic rings. The van der Waals surface area contributed by atoms with Crippen molar-refractivity contribution in [2.45, 2.75) is 171 Å². The van der Waals surface area contributed by atoms with Crippen LogP contribution in [0.3, 0.4) is 0 Å². The first-order valence-electron chi connectivity index (χ1n) is 21.9. The van der Waals surface area contributed by atoms with Crippen LogP contribution in [-0.4, -0.2) is 203 Å². The number of aliphatic hydroxyl groups is 4. The molecule has 2 saturated heterocycles. The summed E-state index contributed by atoms with van der Waals surface area (Å²) in [6.07, 6.45) is -13.5. The van der Waals surface area contributed by atoms with E-state index in [1.807, 2.05) is 0 Å². The van der Waals surface area contributed by atoms with Crippen molar-refractivity contribution < 1.29 is 92.4 Å². The number of ether oxygens (including phenoxy) is 5. The van der Waals surface area contributed by atoms with E-state index in [-0.39, 0.29) is 19.4 Å². The zero-order valence-corrected chi connectivity index (χ0v) is 39.0. The van der Waals surface area contributed by atoms with Gasteiger partial charge in [0.15, 0.2) is 12.6 Å². The van der Waals surface area contributed by atoms with E-state index >= 15 is 0 Å². The smallest absolute Gasteiger partial charge is 0.325 e. The third-order valence-corrected chi connectivity index (χ3v) is 10.9. The molecule has 0 spiro atoms. The van der Waals surface area contributed by atoms with Gasteiger partial charge in [-0.1, -0.05) is 0 Å². The highest BCUT2D eigenvalue weighted by atomic mass is 16.7. The van der Waals surface area contributed by atoms with Crippen molar-refractivity contribution in [3.8, 4) is 0 Å². The van der Waals surface area contributed by atoms with Crippen molar-refractivity contribution in [2.24, 2.45) is 11.5 Å². The Labute approximate surface area is 391 Å². The molecule has 2 rings (SSSR count). The summed E-state index contributed by atoms with van der Waals surface area (Å²) < 4.78 is 29.3. The number of nitrogens with one attached hydrogen (secondary N) is 7. The molecule has 0 saturated carbocycles. The van der Waals surface area contributed by atoms with Crippen LogP contribution in [0.1, 0.15) is 73.6 Å². The molecular formula is C40H69N9O19. The lowest BCUT2D eigenvalue weighted by atomic mass is 9.94. The molecule has 28 heteroatoms. The monoisotopic (exact) mass is 979 g/mol. The molecular weight excluding hydrogens is 910 g/mol. The summed E-state index contributed by atoms with van der Waals surface area (Å²) in [6.45, 7) is 6.03. The lowest BCUT2D eigenvalue weighted by Crippen LogP contribution is -2.70. The Morgan fingerprint density at radius 1 is 0.647 bits per heavy atom. The topological polar surface area (TPSA) is 437 Å². The Bertz CT molecular complexity index is 1750. The van der Waals surface area contributed by atoms with E-state index < -0.39 is 170 Å². The van der Waals surface area contributed by atoms with Gasteiger partial charge in [0, 0.05) is 27.4 Å². The van der Waals surface area contributed by atoms with Crippen LogP contribution in [0.15, 0.2) is 0 Å². The first-order chi connectivity index (χ1) is 31.9. The van der Waals surface area contributed by atoms with Crippen LogP contribution in [-0.2, 0) is 66.8 Å². The van der Waals surface area contributed by atoms with Crippen LogP contribution >= 0.6 is 0 Å². The average molecular weight is 980 g/mol. The number of primary amides is 1. The number of hydrogen-bond donors (Lipinski definition) is 14. The number of aliphatic carboxylic acids is 1. The zero-order chi connectivity index (χ0) is 51.6. The molecule has 0 aromatic heterocycles. The number of nitrogens with two attached hydrogens (primary N) is 2. The second-order valence-electron chi connectivity index (χ2n) is 16.4. The van der Waals surface area contributed by atoms with Crippen molar-refractivity contribution in [3.05, 3.63) is 0 Å². The number of unbranched alkanes of at least 4 members (excludes halogenated alkanes) is 1. The minimum atomic E-state index is -1.74. The van der Waals surface area contributed by atoms with Crippen molar-refractivity contribution in [2.75, 3.05) is 26.9 Å².